The molecule has 0 bridgehead atoms. The van der Waals surface area contributed by atoms with Crippen LogP contribution >= 0.6 is 11.5 Å². The van der Waals surface area contributed by atoms with E-state index in [0.29, 0.717) is 6.04 Å². The fourth-order valence-corrected chi connectivity index (χ4v) is 2.77. The standard InChI is InChI=1S/C8H11N3S/c1-2-7(6-3-5(1)6)11-8-9-4-10-12-8/h4-7H,1-3H2,(H,9,10,11). The lowest BCUT2D eigenvalue weighted by Crippen LogP contribution is -2.18. The molecule has 0 amide bonds. The van der Waals surface area contributed by atoms with Crippen molar-refractivity contribution in [1.29, 1.82) is 0 Å². The fourth-order valence-electron chi connectivity index (χ4n) is 2.28. The molecule has 0 radical (unpaired) electrons. The third-order valence-corrected chi connectivity index (χ3v) is 3.61. The van der Waals surface area contributed by atoms with Gasteiger partial charge in [-0.05, 0) is 31.1 Å². The minimum atomic E-state index is 0.697. The maximum Gasteiger partial charge on any atom is 0.202 e. The zero-order chi connectivity index (χ0) is 7.97. The van der Waals surface area contributed by atoms with Crippen molar-refractivity contribution in [3.05, 3.63) is 6.33 Å². The summed E-state index contributed by atoms with van der Waals surface area (Å²) in [6.07, 6.45) is 5.80. The van der Waals surface area contributed by atoms with E-state index in [4.69, 9.17) is 0 Å². The van der Waals surface area contributed by atoms with Crippen molar-refractivity contribution in [3.63, 3.8) is 0 Å². The van der Waals surface area contributed by atoms with E-state index in [1.54, 1.807) is 6.33 Å². The molecule has 2 aliphatic carbocycles. The highest BCUT2D eigenvalue weighted by Crippen LogP contribution is 2.52. The Labute approximate surface area is 75.4 Å². The van der Waals surface area contributed by atoms with Crippen LogP contribution in [0, 0.1) is 11.8 Å². The predicted molar refractivity (Wildman–Crippen MR) is 48.2 cm³/mol. The Kier molecular flexibility index (Phi) is 1.38. The van der Waals surface area contributed by atoms with Crippen molar-refractivity contribution in [1.82, 2.24) is 9.36 Å². The SMILES string of the molecule is c1nsc(NC2CCC3CC32)n1. The largest absolute Gasteiger partial charge is 0.357 e. The lowest BCUT2D eigenvalue weighted by Gasteiger charge is -2.11. The van der Waals surface area contributed by atoms with Crippen LogP contribution < -0.4 is 5.32 Å². The molecule has 1 aromatic rings. The average molecular weight is 181 g/mol. The molecule has 0 aromatic carbocycles. The van der Waals surface area contributed by atoms with Crippen molar-refractivity contribution in [3.8, 4) is 0 Å². The van der Waals surface area contributed by atoms with E-state index in [2.05, 4.69) is 14.7 Å². The Morgan fingerprint density at radius 3 is 3.08 bits per heavy atom. The highest BCUT2D eigenvalue weighted by Gasteiger charge is 2.48. The molecule has 12 heavy (non-hydrogen) atoms. The van der Waals surface area contributed by atoms with Crippen LogP contribution in [0.15, 0.2) is 6.33 Å². The zero-order valence-corrected chi connectivity index (χ0v) is 7.55. The van der Waals surface area contributed by atoms with Gasteiger partial charge < -0.3 is 5.32 Å². The summed E-state index contributed by atoms with van der Waals surface area (Å²) in [7, 11) is 0. The van der Waals surface area contributed by atoms with Crippen LogP contribution in [0.4, 0.5) is 5.13 Å². The summed E-state index contributed by atoms with van der Waals surface area (Å²) in [5, 5.41) is 4.45. The van der Waals surface area contributed by atoms with Gasteiger partial charge in [0.05, 0.1) is 0 Å². The van der Waals surface area contributed by atoms with Crippen molar-refractivity contribution >= 4 is 16.7 Å². The van der Waals surface area contributed by atoms with E-state index < -0.39 is 0 Å². The average Bonchev–Trinajstić information content (AvgIpc) is 2.54. The van der Waals surface area contributed by atoms with Gasteiger partial charge in [-0.3, -0.25) is 0 Å². The molecule has 0 aliphatic heterocycles. The van der Waals surface area contributed by atoms with Gasteiger partial charge in [0.2, 0.25) is 5.13 Å². The van der Waals surface area contributed by atoms with E-state index in [9.17, 15) is 0 Å². The molecule has 3 atom stereocenters. The van der Waals surface area contributed by atoms with Gasteiger partial charge in [0.1, 0.15) is 6.33 Å². The summed E-state index contributed by atoms with van der Waals surface area (Å²) in [5.74, 6) is 1.99. The first-order valence-electron chi connectivity index (χ1n) is 4.47. The Morgan fingerprint density at radius 1 is 1.50 bits per heavy atom. The molecule has 1 N–H and O–H groups in total. The molecule has 1 aromatic heterocycles. The van der Waals surface area contributed by atoms with Gasteiger partial charge in [0, 0.05) is 17.6 Å². The Hall–Kier alpha value is -0.640. The summed E-state index contributed by atoms with van der Waals surface area (Å²) in [4.78, 5) is 4.13. The van der Waals surface area contributed by atoms with Crippen molar-refractivity contribution in [2.24, 2.45) is 11.8 Å². The maximum atomic E-state index is 4.13. The first-order valence-corrected chi connectivity index (χ1v) is 5.24. The lowest BCUT2D eigenvalue weighted by molar-refractivity contribution is 0.654. The van der Waals surface area contributed by atoms with Gasteiger partial charge in [-0.1, -0.05) is 0 Å². The molecule has 0 saturated heterocycles. The third-order valence-electron chi connectivity index (χ3n) is 3.01. The summed E-state index contributed by atoms with van der Waals surface area (Å²) in [6, 6.07) is 0.697. The number of aromatic nitrogens is 2. The summed E-state index contributed by atoms with van der Waals surface area (Å²) in [6.45, 7) is 0. The van der Waals surface area contributed by atoms with Crippen molar-refractivity contribution < 1.29 is 0 Å². The molecule has 2 aliphatic rings. The van der Waals surface area contributed by atoms with E-state index >= 15 is 0 Å². The summed E-state index contributed by atoms with van der Waals surface area (Å²) in [5.41, 5.74) is 0. The van der Waals surface area contributed by atoms with Crippen LogP contribution in [0.2, 0.25) is 0 Å². The van der Waals surface area contributed by atoms with E-state index in [-0.39, 0.29) is 0 Å². The van der Waals surface area contributed by atoms with Crippen LogP contribution in [0.25, 0.3) is 0 Å². The predicted octanol–water partition coefficient (Wildman–Crippen LogP) is 1.75. The number of rotatable bonds is 2. The van der Waals surface area contributed by atoms with Crippen LogP contribution in [0.1, 0.15) is 19.3 Å². The quantitative estimate of drug-likeness (QED) is 0.755. The van der Waals surface area contributed by atoms with Crippen LogP contribution in [-0.2, 0) is 0 Å². The van der Waals surface area contributed by atoms with Gasteiger partial charge in [-0.25, -0.2) is 4.98 Å². The van der Waals surface area contributed by atoms with Crippen molar-refractivity contribution in [2.45, 2.75) is 25.3 Å². The van der Waals surface area contributed by atoms with Gasteiger partial charge in [-0.2, -0.15) is 4.37 Å². The van der Waals surface area contributed by atoms with Crippen LogP contribution in [-0.4, -0.2) is 15.4 Å². The fraction of sp³-hybridized carbons (Fsp3) is 0.750. The first kappa shape index (κ1) is 6.83. The zero-order valence-electron chi connectivity index (χ0n) is 6.73. The molecular weight excluding hydrogens is 170 g/mol. The number of hydrogen-bond acceptors (Lipinski definition) is 4. The highest BCUT2D eigenvalue weighted by atomic mass is 32.1. The molecule has 4 heteroatoms. The number of anilines is 1. The monoisotopic (exact) mass is 181 g/mol. The van der Waals surface area contributed by atoms with E-state index in [1.165, 1.54) is 30.8 Å². The second-order valence-corrected chi connectivity index (χ2v) is 4.51. The third kappa shape index (κ3) is 1.02. The van der Waals surface area contributed by atoms with Gasteiger partial charge in [0.25, 0.3) is 0 Å². The van der Waals surface area contributed by atoms with E-state index in [0.717, 1.165) is 17.0 Å². The number of fused-ring (bicyclic) bond motifs is 1. The lowest BCUT2D eigenvalue weighted by atomic mass is 10.2. The molecule has 2 saturated carbocycles. The smallest absolute Gasteiger partial charge is 0.202 e. The molecule has 0 spiro atoms. The highest BCUT2D eigenvalue weighted by molar-refractivity contribution is 7.09. The topological polar surface area (TPSA) is 37.8 Å². The van der Waals surface area contributed by atoms with E-state index in [1.807, 2.05) is 0 Å². The Bertz CT molecular complexity index is 272. The molecule has 3 rings (SSSR count). The Balaban J connectivity index is 1.68. The maximum absolute atomic E-state index is 4.13. The van der Waals surface area contributed by atoms with Crippen LogP contribution in [0.5, 0.6) is 0 Å². The molecule has 1 heterocycles. The summed E-state index contributed by atoms with van der Waals surface area (Å²) >= 11 is 1.46. The molecule has 3 unspecified atom stereocenters. The minimum absolute atomic E-state index is 0.697. The molecule has 64 valence electrons. The second kappa shape index (κ2) is 2.42. The number of nitrogens with one attached hydrogen (secondary N) is 1. The first-order chi connectivity index (χ1) is 5.93. The van der Waals surface area contributed by atoms with Crippen molar-refractivity contribution in [2.75, 3.05) is 5.32 Å². The van der Waals surface area contributed by atoms with Crippen LogP contribution in [0.3, 0.4) is 0 Å². The molecule has 2 fully saturated rings. The normalized spacial score (nSPS) is 37.8. The van der Waals surface area contributed by atoms with Gasteiger partial charge in [0.15, 0.2) is 0 Å². The minimum Gasteiger partial charge on any atom is -0.357 e. The number of nitrogens with zero attached hydrogens (tertiary/aromatic N) is 2. The molecule has 3 nitrogen and oxygen atoms in total. The van der Waals surface area contributed by atoms with Gasteiger partial charge >= 0.3 is 0 Å². The summed E-state index contributed by atoms with van der Waals surface area (Å²) < 4.78 is 3.97. The molecular formula is C8H11N3S. The Morgan fingerprint density at radius 2 is 2.50 bits per heavy atom. The van der Waals surface area contributed by atoms with Gasteiger partial charge in [-0.15, -0.1) is 0 Å². The second-order valence-electron chi connectivity index (χ2n) is 3.73. The number of hydrogen-bond donors (Lipinski definition) is 1.